The van der Waals surface area contributed by atoms with E-state index in [4.69, 9.17) is 0 Å². The Balaban J connectivity index is 1.51. The lowest BCUT2D eigenvalue weighted by atomic mass is 9.79. The molecule has 1 saturated carbocycles. The number of carbonyl (C=O) groups is 1. The maximum atomic E-state index is 12.9. The summed E-state index contributed by atoms with van der Waals surface area (Å²) in [6.07, 6.45) is 2.26. The van der Waals surface area contributed by atoms with E-state index >= 15 is 0 Å². The summed E-state index contributed by atoms with van der Waals surface area (Å²) >= 11 is 0. The van der Waals surface area contributed by atoms with Crippen LogP contribution in [-0.4, -0.2) is 35.5 Å². The topological polar surface area (TPSA) is 96.3 Å². The van der Waals surface area contributed by atoms with Crippen LogP contribution in [-0.2, 0) is 11.2 Å². The van der Waals surface area contributed by atoms with Crippen LogP contribution >= 0.6 is 0 Å². The van der Waals surface area contributed by atoms with Crippen molar-refractivity contribution in [2.24, 2.45) is 5.92 Å². The van der Waals surface area contributed by atoms with Crippen LogP contribution in [0.3, 0.4) is 0 Å². The Kier molecular flexibility index (Phi) is 5.06. The molecule has 7 nitrogen and oxygen atoms in total. The zero-order valence-corrected chi connectivity index (χ0v) is 13.2. The van der Waals surface area contributed by atoms with E-state index in [2.05, 4.69) is 16.2 Å². The molecule has 1 aromatic rings. The molecule has 1 aliphatic carbocycles. The summed E-state index contributed by atoms with van der Waals surface area (Å²) in [6.45, 7) is 0.443. The molecule has 1 saturated heterocycles. The van der Waals surface area contributed by atoms with Crippen molar-refractivity contribution in [3.05, 3.63) is 45.8 Å². The van der Waals surface area contributed by atoms with Gasteiger partial charge < -0.3 is 5.32 Å². The molecule has 4 unspecified atom stereocenters. The molecule has 2 aliphatic rings. The molecule has 0 radical (unpaired) electrons. The number of nitrogens with one attached hydrogen (secondary N) is 3. The van der Waals surface area contributed by atoms with E-state index in [1.165, 1.54) is 12.1 Å². The number of hydrogen-bond donors (Lipinski definition) is 3. The third kappa shape index (κ3) is 3.70. The molecule has 8 heteroatoms. The van der Waals surface area contributed by atoms with E-state index in [0.717, 1.165) is 5.56 Å². The van der Waals surface area contributed by atoms with Gasteiger partial charge in [0.2, 0.25) is 11.9 Å². The number of amides is 1. The lowest BCUT2D eigenvalue weighted by Gasteiger charge is -2.28. The molecule has 1 amide bonds. The standard InChI is InChI=1S/C16H21FN4O3/c17-11-3-1-10(2-4-11)7-8-18-16(22)15-13-9-12(21(23)24)5-6-14(13)19-20-15/h1-4,12-15,19-20H,5-9H2,(H,18,22). The zero-order chi connectivity index (χ0) is 17.1. The van der Waals surface area contributed by atoms with Gasteiger partial charge in [-0.2, -0.15) is 0 Å². The predicted octanol–water partition coefficient (Wildman–Crippen LogP) is 0.775. The highest BCUT2D eigenvalue weighted by molar-refractivity contribution is 5.82. The fourth-order valence-corrected chi connectivity index (χ4v) is 3.58. The van der Waals surface area contributed by atoms with E-state index in [1.54, 1.807) is 12.1 Å². The van der Waals surface area contributed by atoms with Crippen LogP contribution in [0, 0.1) is 21.8 Å². The van der Waals surface area contributed by atoms with Crippen molar-refractivity contribution in [3.63, 3.8) is 0 Å². The number of rotatable bonds is 5. The Morgan fingerprint density at radius 1 is 1.29 bits per heavy atom. The van der Waals surface area contributed by atoms with Crippen LogP contribution in [0.25, 0.3) is 0 Å². The molecule has 1 aliphatic heterocycles. The van der Waals surface area contributed by atoms with E-state index in [9.17, 15) is 19.3 Å². The molecule has 130 valence electrons. The van der Waals surface area contributed by atoms with Gasteiger partial charge in [-0.15, -0.1) is 0 Å². The van der Waals surface area contributed by atoms with Crippen LogP contribution in [0.2, 0.25) is 0 Å². The van der Waals surface area contributed by atoms with E-state index in [0.29, 0.717) is 32.2 Å². The van der Waals surface area contributed by atoms with Crippen LogP contribution in [0.1, 0.15) is 24.8 Å². The van der Waals surface area contributed by atoms with E-state index < -0.39 is 12.1 Å². The number of hydrazine groups is 1. The lowest BCUT2D eigenvalue weighted by Crippen LogP contribution is -2.47. The number of carbonyl (C=O) groups excluding carboxylic acids is 1. The quantitative estimate of drug-likeness (QED) is 0.545. The smallest absolute Gasteiger partial charge is 0.238 e. The third-order valence-electron chi connectivity index (χ3n) is 4.93. The monoisotopic (exact) mass is 336 g/mol. The van der Waals surface area contributed by atoms with Crippen molar-refractivity contribution in [3.8, 4) is 0 Å². The summed E-state index contributed by atoms with van der Waals surface area (Å²) in [7, 11) is 0. The van der Waals surface area contributed by atoms with Crippen LogP contribution in [0.4, 0.5) is 4.39 Å². The fourth-order valence-electron chi connectivity index (χ4n) is 3.58. The first-order valence-electron chi connectivity index (χ1n) is 8.21. The first-order chi connectivity index (χ1) is 11.5. The first kappa shape index (κ1) is 16.8. The number of nitro groups is 1. The Morgan fingerprint density at radius 2 is 2.04 bits per heavy atom. The van der Waals surface area contributed by atoms with Gasteiger partial charge in [0.05, 0.1) is 0 Å². The summed E-state index contributed by atoms with van der Waals surface area (Å²) in [4.78, 5) is 23.1. The number of fused-ring (bicyclic) bond motifs is 1. The van der Waals surface area contributed by atoms with Crippen molar-refractivity contribution < 1.29 is 14.1 Å². The van der Waals surface area contributed by atoms with Crippen LogP contribution < -0.4 is 16.2 Å². The summed E-state index contributed by atoms with van der Waals surface area (Å²) in [5.41, 5.74) is 7.01. The van der Waals surface area contributed by atoms with Gasteiger partial charge in [0.25, 0.3) is 0 Å². The molecule has 0 aromatic heterocycles. The average Bonchev–Trinajstić information content (AvgIpc) is 2.99. The molecular formula is C16H21FN4O3. The second-order valence-corrected chi connectivity index (χ2v) is 6.46. The summed E-state index contributed by atoms with van der Waals surface area (Å²) < 4.78 is 12.9. The number of nitrogens with zero attached hydrogens (tertiary/aromatic N) is 1. The van der Waals surface area contributed by atoms with Crippen molar-refractivity contribution in [2.75, 3.05) is 6.54 Å². The average molecular weight is 336 g/mol. The molecule has 4 atom stereocenters. The number of hydrogen-bond acceptors (Lipinski definition) is 5. The van der Waals surface area contributed by atoms with Gasteiger partial charge in [-0.3, -0.25) is 20.3 Å². The van der Waals surface area contributed by atoms with Gasteiger partial charge >= 0.3 is 0 Å². The van der Waals surface area contributed by atoms with Crippen molar-refractivity contribution >= 4 is 5.91 Å². The Hall–Kier alpha value is -2.06. The third-order valence-corrected chi connectivity index (χ3v) is 4.93. The number of halogens is 1. The second kappa shape index (κ2) is 7.23. The Morgan fingerprint density at radius 3 is 2.75 bits per heavy atom. The van der Waals surface area contributed by atoms with Gasteiger partial charge in [-0.25, -0.2) is 9.82 Å². The normalized spacial score (nSPS) is 29.0. The molecule has 3 N–H and O–H groups in total. The minimum Gasteiger partial charge on any atom is -0.354 e. The molecule has 1 aromatic carbocycles. The maximum Gasteiger partial charge on any atom is 0.238 e. The van der Waals surface area contributed by atoms with Crippen LogP contribution in [0.5, 0.6) is 0 Å². The summed E-state index contributed by atoms with van der Waals surface area (Å²) in [5, 5.41) is 13.9. The molecule has 2 fully saturated rings. The molecule has 0 spiro atoms. The Labute approximate surface area is 139 Å². The lowest BCUT2D eigenvalue weighted by molar-refractivity contribution is -0.528. The van der Waals surface area contributed by atoms with E-state index in [-0.39, 0.29) is 28.6 Å². The molecule has 0 bridgehead atoms. The van der Waals surface area contributed by atoms with E-state index in [1.807, 2.05) is 0 Å². The summed E-state index contributed by atoms with van der Waals surface area (Å²) in [6, 6.07) is 5.25. The van der Waals surface area contributed by atoms with Gasteiger partial charge in [-0.1, -0.05) is 12.1 Å². The van der Waals surface area contributed by atoms with Crippen molar-refractivity contribution in [2.45, 2.75) is 43.8 Å². The highest BCUT2D eigenvalue weighted by Gasteiger charge is 2.46. The van der Waals surface area contributed by atoms with Gasteiger partial charge in [0.1, 0.15) is 11.9 Å². The largest absolute Gasteiger partial charge is 0.354 e. The first-order valence-corrected chi connectivity index (χ1v) is 8.21. The van der Waals surface area contributed by atoms with Gasteiger partial charge in [0.15, 0.2) is 0 Å². The molecule has 3 rings (SSSR count). The highest BCUT2D eigenvalue weighted by atomic mass is 19.1. The van der Waals surface area contributed by atoms with Gasteiger partial charge in [-0.05, 0) is 30.5 Å². The molecule has 24 heavy (non-hydrogen) atoms. The molecule has 1 heterocycles. The van der Waals surface area contributed by atoms with Crippen LogP contribution in [0.15, 0.2) is 24.3 Å². The van der Waals surface area contributed by atoms with Crippen molar-refractivity contribution in [1.82, 2.24) is 16.2 Å². The van der Waals surface area contributed by atoms with Crippen molar-refractivity contribution in [1.29, 1.82) is 0 Å². The highest BCUT2D eigenvalue weighted by Crippen LogP contribution is 2.31. The minimum absolute atomic E-state index is 0.0695. The SMILES string of the molecule is O=C(NCCc1ccc(F)cc1)C1NNC2CCC([N+](=O)[O-])CC21. The number of benzene rings is 1. The zero-order valence-electron chi connectivity index (χ0n) is 13.2. The maximum absolute atomic E-state index is 12.9. The second-order valence-electron chi connectivity index (χ2n) is 6.46. The predicted molar refractivity (Wildman–Crippen MR) is 85.1 cm³/mol. The Bertz CT molecular complexity index is 610. The summed E-state index contributed by atoms with van der Waals surface area (Å²) in [5.74, 6) is -0.506. The fraction of sp³-hybridized carbons (Fsp3) is 0.562. The van der Waals surface area contributed by atoms with Gasteiger partial charge in [0, 0.05) is 36.3 Å². The molecular weight excluding hydrogens is 315 g/mol. The minimum atomic E-state index is -0.567.